The van der Waals surface area contributed by atoms with Crippen LogP contribution in [-0.4, -0.2) is 25.4 Å². The third-order valence-corrected chi connectivity index (χ3v) is 3.67. The van der Waals surface area contributed by atoms with E-state index in [1.54, 1.807) is 7.11 Å². The Kier molecular flexibility index (Phi) is 6.28. The molecule has 0 aromatic heterocycles. The van der Waals surface area contributed by atoms with Crippen molar-refractivity contribution in [2.75, 3.05) is 19.5 Å². The SMILES string of the molecule is COc1ccc(CCNC(=O)c2ccccc2CCCl)cc1. The van der Waals surface area contributed by atoms with Crippen molar-refractivity contribution in [3.8, 4) is 5.75 Å². The first-order chi connectivity index (χ1) is 10.7. The number of carbonyl (C=O) groups excluding carboxylic acids is 1. The molecule has 0 fully saturated rings. The number of hydrogen-bond acceptors (Lipinski definition) is 2. The van der Waals surface area contributed by atoms with Gasteiger partial charge in [0, 0.05) is 18.0 Å². The molecule has 1 amide bonds. The van der Waals surface area contributed by atoms with Gasteiger partial charge in [-0.3, -0.25) is 4.79 Å². The minimum absolute atomic E-state index is 0.0470. The summed E-state index contributed by atoms with van der Waals surface area (Å²) in [6.45, 7) is 0.598. The van der Waals surface area contributed by atoms with Crippen LogP contribution in [-0.2, 0) is 12.8 Å². The third-order valence-electron chi connectivity index (χ3n) is 3.48. The van der Waals surface area contributed by atoms with E-state index in [4.69, 9.17) is 16.3 Å². The van der Waals surface area contributed by atoms with Crippen LogP contribution in [0, 0.1) is 0 Å². The Morgan fingerprint density at radius 1 is 1.09 bits per heavy atom. The number of carbonyl (C=O) groups is 1. The zero-order valence-electron chi connectivity index (χ0n) is 12.6. The second kappa shape index (κ2) is 8.44. The van der Waals surface area contributed by atoms with Crippen LogP contribution in [0.25, 0.3) is 0 Å². The van der Waals surface area contributed by atoms with Crippen LogP contribution < -0.4 is 10.1 Å². The first kappa shape index (κ1) is 16.4. The molecule has 3 nitrogen and oxygen atoms in total. The number of nitrogens with one attached hydrogen (secondary N) is 1. The second-order valence-corrected chi connectivity index (χ2v) is 5.33. The quantitative estimate of drug-likeness (QED) is 0.794. The van der Waals surface area contributed by atoms with Gasteiger partial charge in [0.2, 0.25) is 0 Å². The molecule has 0 unspecified atom stereocenters. The molecule has 0 aliphatic heterocycles. The Morgan fingerprint density at radius 3 is 2.50 bits per heavy atom. The maximum Gasteiger partial charge on any atom is 0.251 e. The van der Waals surface area contributed by atoms with E-state index in [0.29, 0.717) is 24.4 Å². The van der Waals surface area contributed by atoms with Gasteiger partial charge >= 0.3 is 0 Å². The summed E-state index contributed by atoms with van der Waals surface area (Å²) in [6.07, 6.45) is 1.48. The third kappa shape index (κ3) is 4.50. The molecular formula is C18H20ClNO2. The number of amides is 1. The Bertz CT molecular complexity index is 611. The molecule has 2 rings (SSSR count). The predicted molar refractivity (Wildman–Crippen MR) is 89.9 cm³/mol. The van der Waals surface area contributed by atoms with Gasteiger partial charge in [-0.2, -0.15) is 0 Å². The molecular weight excluding hydrogens is 298 g/mol. The number of methoxy groups -OCH3 is 1. The number of alkyl halides is 1. The summed E-state index contributed by atoms with van der Waals surface area (Å²) >= 11 is 5.78. The number of benzene rings is 2. The van der Waals surface area contributed by atoms with Gasteiger partial charge in [0.15, 0.2) is 0 Å². The van der Waals surface area contributed by atoms with Crippen LogP contribution in [0.5, 0.6) is 5.75 Å². The number of hydrogen-bond donors (Lipinski definition) is 1. The maximum atomic E-state index is 12.3. The fourth-order valence-electron chi connectivity index (χ4n) is 2.27. The molecule has 0 aliphatic carbocycles. The molecule has 0 heterocycles. The highest BCUT2D eigenvalue weighted by atomic mass is 35.5. The molecule has 2 aromatic carbocycles. The second-order valence-electron chi connectivity index (χ2n) is 4.95. The van der Waals surface area contributed by atoms with Gasteiger partial charge in [-0.1, -0.05) is 30.3 Å². The number of halogens is 1. The summed E-state index contributed by atoms with van der Waals surface area (Å²) in [5, 5.41) is 2.96. The number of ether oxygens (including phenoxy) is 1. The lowest BCUT2D eigenvalue weighted by molar-refractivity contribution is 0.0953. The highest BCUT2D eigenvalue weighted by Gasteiger charge is 2.09. The van der Waals surface area contributed by atoms with Gasteiger partial charge < -0.3 is 10.1 Å². The average Bonchev–Trinajstić information content (AvgIpc) is 2.56. The van der Waals surface area contributed by atoms with Gasteiger partial charge in [0.05, 0.1) is 7.11 Å². The van der Waals surface area contributed by atoms with E-state index in [9.17, 15) is 4.79 Å². The van der Waals surface area contributed by atoms with Crippen LogP contribution in [0.3, 0.4) is 0 Å². The fourth-order valence-corrected chi connectivity index (χ4v) is 2.47. The first-order valence-corrected chi connectivity index (χ1v) is 7.83. The summed E-state index contributed by atoms with van der Waals surface area (Å²) in [5.41, 5.74) is 2.85. The van der Waals surface area contributed by atoms with Crippen LogP contribution in [0.1, 0.15) is 21.5 Å². The Labute approximate surface area is 136 Å². The van der Waals surface area contributed by atoms with E-state index in [-0.39, 0.29) is 5.91 Å². The predicted octanol–water partition coefficient (Wildman–Crippen LogP) is 3.45. The summed E-state index contributed by atoms with van der Waals surface area (Å²) in [6, 6.07) is 15.4. The number of rotatable bonds is 7. The van der Waals surface area contributed by atoms with E-state index in [1.807, 2.05) is 48.5 Å². The van der Waals surface area contributed by atoms with Crippen LogP contribution in [0.4, 0.5) is 0 Å². The lowest BCUT2D eigenvalue weighted by atomic mass is 10.0. The van der Waals surface area contributed by atoms with E-state index >= 15 is 0 Å². The Balaban J connectivity index is 1.89. The highest BCUT2D eigenvalue weighted by molar-refractivity contribution is 6.18. The van der Waals surface area contributed by atoms with Crippen molar-refractivity contribution in [1.82, 2.24) is 5.32 Å². The number of aryl methyl sites for hydroxylation is 1. The summed E-state index contributed by atoms with van der Waals surface area (Å²) in [7, 11) is 1.65. The summed E-state index contributed by atoms with van der Waals surface area (Å²) < 4.78 is 5.13. The van der Waals surface area contributed by atoms with Crippen LogP contribution in [0.2, 0.25) is 0 Å². The molecule has 0 spiro atoms. The molecule has 22 heavy (non-hydrogen) atoms. The van der Waals surface area contributed by atoms with Crippen molar-refractivity contribution < 1.29 is 9.53 Å². The normalized spacial score (nSPS) is 10.3. The standard InChI is InChI=1S/C18H20ClNO2/c1-22-16-8-6-14(7-9-16)11-13-20-18(21)17-5-3-2-4-15(17)10-12-19/h2-9H,10-13H2,1H3,(H,20,21). The van der Waals surface area contributed by atoms with Crippen molar-refractivity contribution in [2.45, 2.75) is 12.8 Å². The molecule has 116 valence electrons. The minimum atomic E-state index is -0.0470. The van der Waals surface area contributed by atoms with Gasteiger partial charge in [0.1, 0.15) is 5.75 Å². The highest BCUT2D eigenvalue weighted by Crippen LogP contribution is 2.12. The first-order valence-electron chi connectivity index (χ1n) is 7.29. The molecule has 0 saturated carbocycles. The van der Waals surface area contributed by atoms with Gasteiger partial charge in [-0.05, 0) is 42.2 Å². The largest absolute Gasteiger partial charge is 0.497 e. The monoisotopic (exact) mass is 317 g/mol. The van der Waals surface area contributed by atoms with Gasteiger partial charge in [-0.15, -0.1) is 11.6 Å². The van der Waals surface area contributed by atoms with Gasteiger partial charge in [-0.25, -0.2) is 0 Å². The zero-order chi connectivity index (χ0) is 15.8. The van der Waals surface area contributed by atoms with E-state index in [2.05, 4.69) is 5.32 Å². The lowest BCUT2D eigenvalue weighted by Gasteiger charge is -2.09. The van der Waals surface area contributed by atoms with Gasteiger partial charge in [0.25, 0.3) is 5.91 Å². The lowest BCUT2D eigenvalue weighted by Crippen LogP contribution is -2.26. The van der Waals surface area contributed by atoms with Crippen molar-refractivity contribution in [1.29, 1.82) is 0 Å². The average molecular weight is 318 g/mol. The van der Waals surface area contributed by atoms with Crippen molar-refractivity contribution in [3.05, 3.63) is 65.2 Å². The molecule has 0 saturated heterocycles. The molecule has 0 radical (unpaired) electrons. The van der Waals surface area contributed by atoms with Crippen molar-refractivity contribution in [3.63, 3.8) is 0 Å². The maximum absolute atomic E-state index is 12.3. The molecule has 1 N–H and O–H groups in total. The van der Waals surface area contributed by atoms with Crippen molar-refractivity contribution in [2.24, 2.45) is 0 Å². The molecule has 0 aliphatic rings. The van der Waals surface area contributed by atoms with E-state index in [0.717, 1.165) is 23.3 Å². The smallest absolute Gasteiger partial charge is 0.251 e. The van der Waals surface area contributed by atoms with E-state index < -0.39 is 0 Å². The molecule has 0 atom stereocenters. The molecule has 0 bridgehead atoms. The van der Waals surface area contributed by atoms with E-state index in [1.165, 1.54) is 0 Å². The fraction of sp³-hybridized carbons (Fsp3) is 0.278. The Hall–Kier alpha value is -2.00. The zero-order valence-corrected chi connectivity index (χ0v) is 13.4. The Morgan fingerprint density at radius 2 is 1.82 bits per heavy atom. The van der Waals surface area contributed by atoms with Crippen LogP contribution >= 0.6 is 11.6 Å². The summed E-state index contributed by atoms with van der Waals surface area (Å²) in [4.78, 5) is 12.3. The van der Waals surface area contributed by atoms with Crippen molar-refractivity contribution >= 4 is 17.5 Å². The summed E-state index contributed by atoms with van der Waals surface area (Å²) in [5.74, 6) is 1.30. The molecule has 4 heteroatoms. The van der Waals surface area contributed by atoms with Crippen LogP contribution in [0.15, 0.2) is 48.5 Å². The molecule has 2 aromatic rings. The topological polar surface area (TPSA) is 38.3 Å². The minimum Gasteiger partial charge on any atom is -0.497 e.